The minimum Gasteiger partial charge on any atom is -0.481 e. The summed E-state index contributed by atoms with van der Waals surface area (Å²) in [5, 5.41) is 16.0. The number of ketones is 1. The molecular formula is C42H60N2O6. The number of urea groups is 1. The van der Waals surface area contributed by atoms with E-state index in [1.807, 2.05) is 30.3 Å². The lowest BCUT2D eigenvalue weighted by molar-refractivity contribution is -0.232. The number of esters is 1. The predicted octanol–water partition coefficient (Wildman–Crippen LogP) is 8.95. The second-order valence-electron chi connectivity index (χ2n) is 18.9. The van der Waals surface area contributed by atoms with Crippen LogP contribution in [0.25, 0.3) is 0 Å². The van der Waals surface area contributed by atoms with Crippen LogP contribution in [0, 0.1) is 50.7 Å². The summed E-state index contributed by atoms with van der Waals surface area (Å²) in [5.41, 5.74) is 0.845. The third-order valence-corrected chi connectivity index (χ3v) is 15.2. The molecule has 0 aromatic heterocycles. The van der Waals surface area contributed by atoms with Crippen molar-refractivity contribution in [3.05, 3.63) is 41.5 Å². The maximum atomic E-state index is 13.9. The van der Waals surface area contributed by atoms with E-state index < -0.39 is 22.9 Å². The van der Waals surface area contributed by atoms with Gasteiger partial charge in [-0.1, -0.05) is 66.7 Å². The van der Waals surface area contributed by atoms with Gasteiger partial charge in [0.05, 0.1) is 17.4 Å². The maximum Gasteiger partial charge on any atom is 0.319 e. The van der Waals surface area contributed by atoms with Crippen LogP contribution in [-0.2, 0) is 19.1 Å². The average molecular weight is 689 g/mol. The van der Waals surface area contributed by atoms with Crippen molar-refractivity contribution >= 4 is 29.4 Å². The molecule has 3 N–H and O–H groups in total. The number of Topliss-reactive ketones (excluding diaryl/α,β-unsaturated/α-hetero) is 1. The Morgan fingerprint density at radius 3 is 2.22 bits per heavy atom. The number of carbonyl (C=O) groups excluding carboxylic acids is 3. The zero-order valence-electron chi connectivity index (χ0n) is 31.8. The molecule has 4 saturated carbocycles. The van der Waals surface area contributed by atoms with Gasteiger partial charge in [0.2, 0.25) is 0 Å². The van der Waals surface area contributed by atoms with Gasteiger partial charge in [0.25, 0.3) is 0 Å². The SMILES string of the molecule is CC(C)C1=C2[C@H]3CC[C@@H]4[C@@]5(C)CC[C@H](OC(=O)CC(C)(C)C(=O)O)C(C)(C)[C@@H]5CC[C@@]4(C)[C@]3(C)CC[C@@]2(NC(=O)Nc2ccccc2)CC1=O. The van der Waals surface area contributed by atoms with Crippen LogP contribution in [0.15, 0.2) is 41.5 Å². The highest BCUT2D eigenvalue weighted by atomic mass is 16.5. The molecule has 0 radical (unpaired) electrons. The highest BCUT2D eigenvalue weighted by Gasteiger charge is 2.70. The number of aliphatic carboxylic acids is 1. The number of fused-ring (bicyclic) bond motifs is 7. The lowest BCUT2D eigenvalue weighted by atomic mass is 9.33. The van der Waals surface area contributed by atoms with Gasteiger partial charge < -0.3 is 20.5 Å². The summed E-state index contributed by atoms with van der Waals surface area (Å²) in [5.74, 6) is -0.116. The third kappa shape index (κ3) is 5.53. The first-order valence-electron chi connectivity index (χ1n) is 19.1. The molecule has 8 heteroatoms. The molecule has 1 aromatic carbocycles. The van der Waals surface area contributed by atoms with Gasteiger partial charge in [0.15, 0.2) is 5.78 Å². The van der Waals surface area contributed by atoms with Crippen LogP contribution in [0.4, 0.5) is 10.5 Å². The number of carboxylic acids is 1. The molecule has 2 amide bonds. The normalized spacial score (nSPS) is 37.6. The van der Waals surface area contributed by atoms with Gasteiger partial charge in [-0.15, -0.1) is 0 Å². The Kier molecular flexibility index (Phi) is 8.95. The van der Waals surface area contributed by atoms with Crippen molar-refractivity contribution in [2.24, 2.45) is 50.7 Å². The Balaban J connectivity index is 1.28. The summed E-state index contributed by atoms with van der Waals surface area (Å²) in [6.45, 7) is 19.5. The van der Waals surface area contributed by atoms with E-state index in [1.165, 1.54) is 5.57 Å². The number of carbonyl (C=O) groups is 4. The summed E-state index contributed by atoms with van der Waals surface area (Å²) >= 11 is 0. The first-order chi connectivity index (χ1) is 23.2. The first kappa shape index (κ1) is 36.6. The Hall–Kier alpha value is -3.16. The Morgan fingerprint density at radius 1 is 0.900 bits per heavy atom. The van der Waals surface area contributed by atoms with Crippen LogP contribution in [-0.4, -0.2) is 40.5 Å². The molecule has 50 heavy (non-hydrogen) atoms. The third-order valence-electron chi connectivity index (χ3n) is 15.2. The number of ether oxygens (including phenoxy) is 1. The lowest BCUT2D eigenvalue weighted by Gasteiger charge is -2.72. The van der Waals surface area contributed by atoms with Crippen LogP contribution in [0.3, 0.4) is 0 Å². The topological polar surface area (TPSA) is 122 Å². The number of carboxylic acid groups (broad SMARTS) is 1. The number of hydrogen-bond acceptors (Lipinski definition) is 5. The summed E-state index contributed by atoms with van der Waals surface area (Å²) in [4.78, 5) is 52.2. The van der Waals surface area contributed by atoms with E-state index in [0.717, 1.165) is 62.6 Å². The van der Waals surface area contributed by atoms with Crippen LogP contribution in [0.5, 0.6) is 0 Å². The second-order valence-corrected chi connectivity index (χ2v) is 18.9. The highest BCUT2D eigenvalue weighted by molar-refractivity contribution is 6.03. The van der Waals surface area contributed by atoms with E-state index >= 15 is 0 Å². The van der Waals surface area contributed by atoms with E-state index in [9.17, 15) is 24.3 Å². The van der Waals surface area contributed by atoms with Crippen molar-refractivity contribution in [2.75, 3.05) is 5.32 Å². The van der Waals surface area contributed by atoms with Crippen molar-refractivity contribution in [1.82, 2.24) is 5.32 Å². The van der Waals surface area contributed by atoms with E-state index in [4.69, 9.17) is 4.74 Å². The van der Waals surface area contributed by atoms with E-state index in [2.05, 4.69) is 59.1 Å². The Morgan fingerprint density at radius 2 is 1.58 bits per heavy atom. The van der Waals surface area contributed by atoms with Gasteiger partial charge in [-0.25, -0.2) is 4.79 Å². The van der Waals surface area contributed by atoms with Crippen LogP contribution < -0.4 is 10.6 Å². The Labute approximate surface area is 299 Å². The minimum atomic E-state index is -1.17. The fourth-order valence-corrected chi connectivity index (χ4v) is 12.5. The number of hydrogen-bond donors (Lipinski definition) is 3. The van der Waals surface area contributed by atoms with Crippen molar-refractivity contribution in [2.45, 2.75) is 138 Å². The summed E-state index contributed by atoms with van der Waals surface area (Å²) in [7, 11) is 0. The molecule has 5 aliphatic rings. The zero-order valence-corrected chi connectivity index (χ0v) is 31.8. The predicted molar refractivity (Wildman–Crippen MR) is 194 cm³/mol. The maximum absolute atomic E-state index is 13.9. The van der Waals surface area contributed by atoms with Gasteiger partial charge in [-0.2, -0.15) is 0 Å². The minimum absolute atomic E-state index is 0.0332. The molecule has 0 aliphatic heterocycles. The van der Waals surface area contributed by atoms with E-state index in [-0.39, 0.29) is 57.8 Å². The molecule has 6 rings (SSSR count). The van der Waals surface area contributed by atoms with E-state index in [0.29, 0.717) is 18.3 Å². The first-order valence-corrected chi connectivity index (χ1v) is 19.1. The fourth-order valence-electron chi connectivity index (χ4n) is 12.5. The number of amides is 2. The molecular weight excluding hydrogens is 628 g/mol. The van der Waals surface area contributed by atoms with E-state index in [1.54, 1.807) is 13.8 Å². The smallest absolute Gasteiger partial charge is 0.319 e. The van der Waals surface area contributed by atoms with Gasteiger partial charge >= 0.3 is 18.0 Å². The number of anilines is 1. The van der Waals surface area contributed by atoms with Crippen molar-refractivity contribution in [1.29, 1.82) is 0 Å². The van der Waals surface area contributed by atoms with Gasteiger partial charge in [-0.05, 0) is 128 Å². The number of para-hydroxylation sites is 1. The number of rotatable bonds is 7. The highest BCUT2D eigenvalue weighted by Crippen LogP contribution is 2.76. The van der Waals surface area contributed by atoms with Crippen molar-refractivity contribution in [3.63, 3.8) is 0 Å². The summed E-state index contributed by atoms with van der Waals surface area (Å²) in [6.07, 6.45) is 7.52. The number of allylic oxidation sites excluding steroid dienone is 1. The van der Waals surface area contributed by atoms with Gasteiger partial charge in [-0.3, -0.25) is 14.4 Å². The summed E-state index contributed by atoms with van der Waals surface area (Å²) < 4.78 is 6.15. The Bertz CT molecular complexity index is 1600. The van der Waals surface area contributed by atoms with Crippen molar-refractivity contribution < 1.29 is 29.0 Å². The molecule has 5 aliphatic carbocycles. The molecule has 0 saturated heterocycles. The molecule has 0 bridgehead atoms. The summed E-state index contributed by atoms with van der Waals surface area (Å²) in [6, 6.07) is 9.23. The molecule has 8 nitrogen and oxygen atoms in total. The zero-order chi connectivity index (χ0) is 36.7. The number of benzene rings is 1. The molecule has 1 aromatic rings. The quantitative estimate of drug-likeness (QED) is 0.246. The van der Waals surface area contributed by atoms with Crippen LogP contribution >= 0.6 is 0 Å². The largest absolute Gasteiger partial charge is 0.481 e. The fraction of sp³-hybridized carbons (Fsp3) is 0.714. The average Bonchev–Trinajstić information content (AvgIpc) is 3.30. The monoisotopic (exact) mass is 688 g/mol. The van der Waals surface area contributed by atoms with Crippen LogP contribution in [0.1, 0.15) is 127 Å². The molecule has 8 atom stereocenters. The van der Waals surface area contributed by atoms with Crippen molar-refractivity contribution in [3.8, 4) is 0 Å². The molecule has 0 heterocycles. The van der Waals surface area contributed by atoms with Gasteiger partial charge in [0.1, 0.15) is 6.10 Å². The molecule has 274 valence electrons. The van der Waals surface area contributed by atoms with Crippen LogP contribution in [0.2, 0.25) is 0 Å². The lowest BCUT2D eigenvalue weighted by Crippen LogP contribution is -2.67. The number of nitrogens with one attached hydrogen (secondary N) is 2. The molecule has 4 fully saturated rings. The second kappa shape index (κ2) is 12.2. The molecule has 0 unspecified atom stereocenters. The van der Waals surface area contributed by atoms with Gasteiger partial charge in [0, 0.05) is 17.5 Å². The standard InChI is InChI=1S/C42H60N2O6/c1-25(2)33-28(45)23-42(44-36(49)43-26-13-11-10-12-14-26)22-21-40(8)27(34(33)42)15-16-30-39(7)19-18-31(50-32(46)24-37(3,4)35(47)48)38(5,6)29(39)17-20-41(30,40)9/h10-14,25,27,29-31H,15-24H2,1-9H3,(H,47,48)(H2,43,44,49)/t27-,29+,30-,31+,39+,40-,41-,42-/m1/s1. The molecule has 0 spiro atoms.